The number of rotatable bonds is 5. The van der Waals surface area contributed by atoms with E-state index in [1.54, 1.807) is 11.3 Å². The summed E-state index contributed by atoms with van der Waals surface area (Å²) >= 11 is 1.63. The van der Waals surface area contributed by atoms with Gasteiger partial charge in [0.25, 0.3) is 0 Å². The Balaban J connectivity index is 2.42. The summed E-state index contributed by atoms with van der Waals surface area (Å²) in [5.74, 6) is 3.69. The molecule has 0 amide bonds. The predicted molar refractivity (Wildman–Crippen MR) is 79.9 cm³/mol. The molecular formula is C14H17N3OS. The van der Waals surface area contributed by atoms with E-state index < -0.39 is 0 Å². The molecule has 19 heavy (non-hydrogen) atoms. The third-order valence-corrected chi connectivity index (χ3v) is 3.48. The number of hydrogen-bond donors (Lipinski definition) is 1. The largest absolute Gasteiger partial charge is 0.461 e. The van der Waals surface area contributed by atoms with Crippen molar-refractivity contribution >= 4 is 27.5 Å². The van der Waals surface area contributed by atoms with E-state index in [0.717, 1.165) is 23.2 Å². The molecule has 0 aliphatic carbocycles. The van der Waals surface area contributed by atoms with Gasteiger partial charge in [-0.2, -0.15) is 4.98 Å². The fourth-order valence-electron chi connectivity index (χ4n) is 1.62. The van der Waals surface area contributed by atoms with Crippen LogP contribution in [0.15, 0.2) is 6.07 Å². The summed E-state index contributed by atoms with van der Waals surface area (Å²) in [6.07, 6.45) is 6.06. The SMILES string of the molecule is C#CC(C)Oc1nc(NCCC)nc2sc(C)cc12. The molecule has 0 saturated heterocycles. The maximum Gasteiger partial charge on any atom is 0.228 e. The maximum atomic E-state index is 5.69. The molecule has 1 atom stereocenters. The summed E-state index contributed by atoms with van der Waals surface area (Å²) in [6, 6.07) is 2.03. The fourth-order valence-corrected chi connectivity index (χ4v) is 2.49. The molecule has 2 aromatic rings. The third-order valence-electron chi connectivity index (χ3n) is 2.54. The molecule has 0 radical (unpaired) electrons. The molecule has 0 spiro atoms. The molecule has 1 unspecified atom stereocenters. The fraction of sp³-hybridized carbons (Fsp3) is 0.429. The van der Waals surface area contributed by atoms with Crippen LogP contribution in [-0.4, -0.2) is 22.6 Å². The molecule has 2 rings (SSSR count). The van der Waals surface area contributed by atoms with Crippen LogP contribution >= 0.6 is 11.3 Å². The molecule has 5 heteroatoms. The summed E-state index contributed by atoms with van der Waals surface area (Å²) in [5, 5.41) is 4.10. The molecule has 0 aliphatic heterocycles. The third kappa shape index (κ3) is 3.15. The lowest BCUT2D eigenvalue weighted by molar-refractivity contribution is 0.272. The first kappa shape index (κ1) is 13.6. The Labute approximate surface area is 117 Å². The maximum absolute atomic E-state index is 5.69. The van der Waals surface area contributed by atoms with Gasteiger partial charge < -0.3 is 10.1 Å². The van der Waals surface area contributed by atoms with Gasteiger partial charge in [-0.1, -0.05) is 12.8 Å². The van der Waals surface area contributed by atoms with Crippen molar-refractivity contribution in [3.63, 3.8) is 0 Å². The van der Waals surface area contributed by atoms with Crippen molar-refractivity contribution in [1.82, 2.24) is 9.97 Å². The first-order valence-corrected chi connectivity index (χ1v) is 7.10. The van der Waals surface area contributed by atoms with Gasteiger partial charge in [0.05, 0.1) is 5.39 Å². The minimum atomic E-state index is -0.308. The summed E-state index contributed by atoms with van der Waals surface area (Å²) in [5.41, 5.74) is 0. The van der Waals surface area contributed by atoms with Crippen LogP contribution in [0.3, 0.4) is 0 Å². The second-order valence-corrected chi connectivity index (χ2v) is 5.52. The number of anilines is 1. The highest BCUT2D eigenvalue weighted by Gasteiger charge is 2.13. The van der Waals surface area contributed by atoms with Crippen molar-refractivity contribution in [2.75, 3.05) is 11.9 Å². The monoisotopic (exact) mass is 275 g/mol. The van der Waals surface area contributed by atoms with Crippen molar-refractivity contribution < 1.29 is 4.74 Å². The van der Waals surface area contributed by atoms with E-state index in [1.165, 1.54) is 4.88 Å². The van der Waals surface area contributed by atoms with E-state index in [4.69, 9.17) is 11.2 Å². The van der Waals surface area contributed by atoms with Crippen LogP contribution in [0.1, 0.15) is 25.1 Å². The molecule has 2 aromatic heterocycles. The summed E-state index contributed by atoms with van der Waals surface area (Å²) in [6.45, 7) is 6.80. The number of nitrogens with zero attached hydrogens (tertiary/aromatic N) is 2. The summed E-state index contributed by atoms with van der Waals surface area (Å²) < 4.78 is 5.69. The van der Waals surface area contributed by atoms with Crippen LogP contribution < -0.4 is 10.1 Å². The smallest absolute Gasteiger partial charge is 0.228 e. The van der Waals surface area contributed by atoms with Crippen LogP contribution in [0.2, 0.25) is 0 Å². The van der Waals surface area contributed by atoms with Crippen LogP contribution in [0.25, 0.3) is 10.2 Å². The van der Waals surface area contributed by atoms with E-state index in [0.29, 0.717) is 11.8 Å². The number of ether oxygens (including phenoxy) is 1. The van der Waals surface area contributed by atoms with Crippen molar-refractivity contribution in [3.05, 3.63) is 10.9 Å². The zero-order chi connectivity index (χ0) is 13.8. The summed E-state index contributed by atoms with van der Waals surface area (Å²) in [4.78, 5) is 11.0. The standard InChI is InChI=1S/C14H17N3OS/c1-5-7-15-14-16-12(18-9(3)6-2)11-8-10(4)19-13(11)17-14/h2,8-9H,5,7H2,1,3-4H3,(H,15,16,17). The van der Waals surface area contributed by atoms with Gasteiger partial charge >= 0.3 is 0 Å². The van der Waals surface area contributed by atoms with Gasteiger partial charge in [-0.3, -0.25) is 0 Å². The van der Waals surface area contributed by atoms with Crippen LogP contribution in [0, 0.1) is 19.3 Å². The molecule has 0 fully saturated rings. The minimum Gasteiger partial charge on any atom is -0.461 e. The van der Waals surface area contributed by atoms with E-state index in [-0.39, 0.29) is 6.10 Å². The molecule has 0 aliphatic rings. The molecule has 1 N–H and O–H groups in total. The van der Waals surface area contributed by atoms with Crippen molar-refractivity contribution in [1.29, 1.82) is 0 Å². The molecule has 4 nitrogen and oxygen atoms in total. The molecule has 0 aromatic carbocycles. The zero-order valence-corrected chi connectivity index (χ0v) is 12.2. The summed E-state index contributed by atoms with van der Waals surface area (Å²) in [7, 11) is 0. The van der Waals surface area contributed by atoms with Gasteiger partial charge in [0.1, 0.15) is 4.83 Å². The van der Waals surface area contributed by atoms with Gasteiger partial charge in [-0.25, -0.2) is 4.98 Å². The number of hydrogen-bond acceptors (Lipinski definition) is 5. The molecule has 0 bridgehead atoms. The predicted octanol–water partition coefficient (Wildman–Crippen LogP) is 3.22. The quantitative estimate of drug-likeness (QED) is 0.851. The highest BCUT2D eigenvalue weighted by Crippen LogP contribution is 2.31. The van der Waals surface area contributed by atoms with Gasteiger partial charge in [-0.05, 0) is 26.3 Å². The number of aryl methyl sites for hydroxylation is 1. The number of thiophene rings is 1. The average Bonchev–Trinajstić information content (AvgIpc) is 2.76. The molecular weight excluding hydrogens is 258 g/mol. The first-order chi connectivity index (χ1) is 9.13. The first-order valence-electron chi connectivity index (χ1n) is 6.29. The van der Waals surface area contributed by atoms with Gasteiger partial charge in [0, 0.05) is 11.4 Å². The van der Waals surface area contributed by atoms with Crippen LogP contribution in [0.4, 0.5) is 5.95 Å². The van der Waals surface area contributed by atoms with Gasteiger partial charge in [0.2, 0.25) is 11.8 Å². The lowest BCUT2D eigenvalue weighted by atomic mass is 10.3. The topological polar surface area (TPSA) is 47.0 Å². The van der Waals surface area contributed by atoms with Crippen LogP contribution in [-0.2, 0) is 0 Å². The Hall–Kier alpha value is -1.80. The lowest BCUT2D eigenvalue weighted by Crippen LogP contribution is -2.11. The molecule has 100 valence electrons. The van der Waals surface area contributed by atoms with Crippen LogP contribution in [0.5, 0.6) is 5.88 Å². The van der Waals surface area contributed by atoms with Gasteiger partial charge in [-0.15, -0.1) is 17.8 Å². The van der Waals surface area contributed by atoms with E-state index >= 15 is 0 Å². The second kappa shape index (κ2) is 5.89. The van der Waals surface area contributed by atoms with E-state index in [2.05, 4.69) is 28.1 Å². The Morgan fingerprint density at radius 1 is 1.53 bits per heavy atom. The Kier molecular flexibility index (Phi) is 4.23. The second-order valence-electron chi connectivity index (χ2n) is 4.28. The Morgan fingerprint density at radius 3 is 3.00 bits per heavy atom. The highest BCUT2D eigenvalue weighted by molar-refractivity contribution is 7.18. The number of aromatic nitrogens is 2. The molecule has 0 saturated carbocycles. The zero-order valence-electron chi connectivity index (χ0n) is 11.4. The lowest BCUT2D eigenvalue weighted by Gasteiger charge is -2.10. The van der Waals surface area contributed by atoms with Gasteiger partial charge in [0.15, 0.2) is 6.10 Å². The highest BCUT2D eigenvalue weighted by atomic mass is 32.1. The van der Waals surface area contributed by atoms with Crippen molar-refractivity contribution in [3.8, 4) is 18.2 Å². The normalized spacial score (nSPS) is 12.1. The van der Waals surface area contributed by atoms with Crippen molar-refractivity contribution in [2.24, 2.45) is 0 Å². The molecule has 2 heterocycles. The van der Waals surface area contributed by atoms with Crippen molar-refractivity contribution in [2.45, 2.75) is 33.3 Å². The number of terminal acetylenes is 1. The number of fused-ring (bicyclic) bond motifs is 1. The van der Waals surface area contributed by atoms with E-state index in [1.807, 2.05) is 19.9 Å². The minimum absolute atomic E-state index is 0.308. The Morgan fingerprint density at radius 2 is 2.32 bits per heavy atom. The average molecular weight is 275 g/mol. The Bertz CT molecular complexity index is 615. The number of nitrogens with one attached hydrogen (secondary N) is 1. The van der Waals surface area contributed by atoms with E-state index in [9.17, 15) is 0 Å².